The number of carbonyl (C=O) groups is 1. The summed E-state index contributed by atoms with van der Waals surface area (Å²) in [5.41, 5.74) is 1.22. The van der Waals surface area contributed by atoms with Gasteiger partial charge in [-0.2, -0.15) is 5.10 Å². The molecule has 0 spiro atoms. The van der Waals surface area contributed by atoms with Crippen LogP contribution in [0.3, 0.4) is 0 Å². The normalized spacial score (nSPS) is 18.9. The van der Waals surface area contributed by atoms with Gasteiger partial charge in [0.2, 0.25) is 0 Å². The summed E-state index contributed by atoms with van der Waals surface area (Å²) in [6, 6.07) is 8.93. The number of aliphatic hydroxyl groups is 1. The van der Waals surface area contributed by atoms with E-state index < -0.39 is 5.60 Å². The van der Waals surface area contributed by atoms with Gasteiger partial charge in [0.25, 0.3) is 5.91 Å². The second-order valence-corrected chi connectivity index (χ2v) is 10.8. The van der Waals surface area contributed by atoms with Gasteiger partial charge < -0.3 is 10.4 Å². The van der Waals surface area contributed by atoms with E-state index in [0.29, 0.717) is 32.9 Å². The number of nitrogens with one attached hydrogen (secondary N) is 1. The Morgan fingerprint density at radius 1 is 1.15 bits per heavy atom. The third kappa shape index (κ3) is 5.59. The van der Waals surface area contributed by atoms with E-state index in [2.05, 4.69) is 23.1 Å². The van der Waals surface area contributed by atoms with Crippen LogP contribution in [0.5, 0.6) is 0 Å². The van der Waals surface area contributed by atoms with Crippen molar-refractivity contribution >= 4 is 45.7 Å². The highest BCUT2D eigenvalue weighted by Crippen LogP contribution is 2.37. The fourth-order valence-corrected chi connectivity index (χ4v) is 5.21. The molecule has 2 aromatic carbocycles. The van der Waals surface area contributed by atoms with E-state index in [4.69, 9.17) is 28.3 Å². The van der Waals surface area contributed by atoms with Crippen molar-refractivity contribution in [1.82, 2.24) is 9.78 Å². The van der Waals surface area contributed by atoms with Gasteiger partial charge in [-0.15, -0.1) is 0 Å². The molecule has 0 atom stereocenters. The van der Waals surface area contributed by atoms with Gasteiger partial charge in [-0.05, 0) is 75.8 Å². The number of fused-ring (bicyclic) bond motifs is 1. The highest BCUT2D eigenvalue weighted by molar-refractivity contribution is 6.42. The zero-order valence-corrected chi connectivity index (χ0v) is 21.6. The summed E-state index contributed by atoms with van der Waals surface area (Å²) < 4.78 is 2.08. The van der Waals surface area contributed by atoms with Crippen molar-refractivity contribution in [2.24, 2.45) is 5.92 Å². The summed E-state index contributed by atoms with van der Waals surface area (Å²) in [4.78, 5) is 12.9. The molecule has 34 heavy (non-hydrogen) atoms. The van der Waals surface area contributed by atoms with Crippen molar-refractivity contribution in [1.29, 1.82) is 0 Å². The van der Waals surface area contributed by atoms with E-state index in [9.17, 15) is 9.90 Å². The summed E-state index contributed by atoms with van der Waals surface area (Å²) in [5, 5.41) is 20.3. The zero-order chi connectivity index (χ0) is 24.5. The van der Waals surface area contributed by atoms with Crippen molar-refractivity contribution in [2.45, 2.75) is 77.4 Å². The van der Waals surface area contributed by atoms with Gasteiger partial charge in [0, 0.05) is 28.4 Å². The van der Waals surface area contributed by atoms with E-state index >= 15 is 0 Å². The first-order valence-electron chi connectivity index (χ1n) is 12.2. The Morgan fingerprint density at radius 2 is 1.88 bits per heavy atom. The number of hydrogen-bond donors (Lipinski definition) is 2. The van der Waals surface area contributed by atoms with Crippen LogP contribution >= 0.6 is 23.2 Å². The average molecular weight is 502 g/mol. The molecule has 2 N–H and O–H groups in total. The Morgan fingerprint density at radius 3 is 2.53 bits per heavy atom. The number of rotatable bonds is 7. The Bertz CT molecular complexity index is 1170. The summed E-state index contributed by atoms with van der Waals surface area (Å²) in [6.45, 7) is 5.67. The number of halogens is 2. The van der Waals surface area contributed by atoms with Crippen LogP contribution in [-0.4, -0.2) is 20.8 Å². The second-order valence-electron chi connectivity index (χ2n) is 10.0. The van der Waals surface area contributed by atoms with Crippen molar-refractivity contribution in [3.63, 3.8) is 0 Å². The van der Waals surface area contributed by atoms with E-state index in [1.807, 2.05) is 12.1 Å². The lowest BCUT2D eigenvalue weighted by Gasteiger charge is -2.28. The first-order chi connectivity index (χ1) is 16.2. The van der Waals surface area contributed by atoms with E-state index in [-0.39, 0.29) is 5.91 Å². The number of aromatic nitrogens is 2. The van der Waals surface area contributed by atoms with Crippen LogP contribution in [0.15, 0.2) is 36.5 Å². The molecule has 0 radical (unpaired) electrons. The molecular formula is C27H33Cl2N3O2. The number of carbonyl (C=O) groups excluding carboxylic acids is 1. The molecule has 1 fully saturated rings. The van der Waals surface area contributed by atoms with Gasteiger partial charge in [-0.25, -0.2) is 0 Å². The molecule has 182 valence electrons. The summed E-state index contributed by atoms with van der Waals surface area (Å²) >= 11 is 12.1. The quantitative estimate of drug-likeness (QED) is 0.347. The summed E-state index contributed by atoms with van der Waals surface area (Å²) in [7, 11) is 0. The number of hydrogen-bond acceptors (Lipinski definition) is 3. The Hall–Kier alpha value is -2.08. The minimum Gasteiger partial charge on any atom is -0.386 e. The fourth-order valence-electron chi connectivity index (χ4n) is 4.91. The number of nitrogens with zero attached hydrogens (tertiary/aromatic N) is 2. The van der Waals surface area contributed by atoms with E-state index in [1.54, 1.807) is 26.0 Å². The third-order valence-electron chi connectivity index (χ3n) is 6.91. The molecule has 1 aliphatic rings. The molecule has 3 aromatic rings. The van der Waals surface area contributed by atoms with Crippen molar-refractivity contribution in [2.75, 3.05) is 5.32 Å². The maximum absolute atomic E-state index is 12.9. The standard InChI is InChI=1S/C27H33Cl2N3O2/c1-4-5-6-17-7-10-20(11-8-17)32-16-19-14-25(21(27(2,3)34)15-24(19)31-32)30-26(33)18-9-12-22(28)23(29)13-18/h9,12-17,20,34H,4-8,10-11H2,1-3H3,(H,30,33)/t17-,20-. The van der Waals surface area contributed by atoms with Gasteiger partial charge in [0.15, 0.2) is 0 Å². The van der Waals surface area contributed by atoms with Crippen LogP contribution in [-0.2, 0) is 5.60 Å². The molecular weight excluding hydrogens is 469 g/mol. The highest BCUT2D eigenvalue weighted by atomic mass is 35.5. The highest BCUT2D eigenvalue weighted by Gasteiger charge is 2.26. The van der Waals surface area contributed by atoms with Gasteiger partial charge >= 0.3 is 0 Å². The molecule has 0 aliphatic heterocycles. The van der Waals surface area contributed by atoms with Crippen LogP contribution in [0.1, 0.15) is 87.7 Å². The lowest BCUT2D eigenvalue weighted by atomic mass is 9.83. The number of unbranched alkanes of at least 4 members (excludes halogenated alkanes) is 1. The largest absolute Gasteiger partial charge is 0.386 e. The summed E-state index contributed by atoms with van der Waals surface area (Å²) in [5.74, 6) is 0.521. The SMILES string of the molecule is CCCC[C@H]1CC[C@H](n2cc3cc(NC(=O)c4ccc(Cl)c(Cl)c4)c(C(C)(C)O)cc3n2)CC1. The third-order valence-corrected chi connectivity index (χ3v) is 7.65. The number of anilines is 1. The fraction of sp³-hybridized carbons (Fsp3) is 0.481. The molecule has 1 amide bonds. The van der Waals surface area contributed by atoms with Crippen molar-refractivity contribution < 1.29 is 9.90 Å². The summed E-state index contributed by atoms with van der Waals surface area (Å²) in [6.07, 6.45) is 10.8. The van der Waals surface area contributed by atoms with E-state index in [0.717, 1.165) is 29.7 Å². The van der Waals surface area contributed by atoms with Crippen LogP contribution in [0, 0.1) is 5.92 Å². The molecule has 1 aliphatic carbocycles. The molecule has 0 saturated heterocycles. The Balaban J connectivity index is 1.59. The van der Waals surface area contributed by atoms with Gasteiger partial charge in [0.1, 0.15) is 0 Å². The van der Waals surface area contributed by atoms with Crippen LogP contribution in [0.25, 0.3) is 10.9 Å². The van der Waals surface area contributed by atoms with Crippen molar-refractivity contribution in [3.8, 4) is 0 Å². The number of amides is 1. The predicted octanol–water partition coefficient (Wildman–Crippen LogP) is 7.74. The molecule has 1 aromatic heterocycles. The van der Waals surface area contributed by atoms with Gasteiger partial charge in [0.05, 0.1) is 27.2 Å². The molecule has 4 rings (SSSR count). The molecule has 1 saturated carbocycles. The molecule has 5 nitrogen and oxygen atoms in total. The van der Waals surface area contributed by atoms with Gasteiger partial charge in [-0.3, -0.25) is 9.48 Å². The minimum atomic E-state index is -1.16. The maximum atomic E-state index is 12.9. The van der Waals surface area contributed by atoms with E-state index in [1.165, 1.54) is 38.2 Å². The maximum Gasteiger partial charge on any atom is 0.255 e. The first-order valence-corrected chi connectivity index (χ1v) is 12.9. The lowest BCUT2D eigenvalue weighted by Crippen LogP contribution is -2.21. The average Bonchev–Trinajstić information content (AvgIpc) is 3.21. The van der Waals surface area contributed by atoms with Gasteiger partial charge in [-0.1, -0.05) is 49.4 Å². The van der Waals surface area contributed by atoms with Crippen LogP contribution in [0.4, 0.5) is 5.69 Å². The lowest BCUT2D eigenvalue weighted by molar-refractivity contribution is 0.0794. The topological polar surface area (TPSA) is 67.2 Å². The Labute approximate surface area is 211 Å². The van der Waals surface area contributed by atoms with Crippen LogP contribution in [0.2, 0.25) is 10.0 Å². The minimum absolute atomic E-state index is 0.318. The number of benzene rings is 2. The molecule has 1 heterocycles. The van der Waals surface area contributed by atoms with Crippen molar-refractivity contribution in [3.05, 3.63) is 57.7 Å². The van der Waals surface area contributed by atoms with Crippen LogP contribution < -0.4 is 5.32 Å². The second kappa shape index (κ2) is 10.3. The Kier molecular flexibility index (Phi) is 7.56. The molecule has 0 bridgehead atoms. The smallest absolute Gasteiger partial charge is 0.255 e. The molecule has 0 unspecified atom stereocenters. The molecule has 7 heteroatoms. The zero-order valence-electron chi connectivity index (χ0n) is 20.1. The first kappa shape index (κ1) is 25.0. The predicted molar refractivity (Wildman–Crippen MR) is 140 cm³/mol. The monoisotopic (exact) mass is 501 g/mol.